The minimum Gasteiger partial charge on any atom is -0.438 e. The minimum atomic E-state index is 0.718. The molecule has 0 bridgehead atoms. The molecule has 1 aliphatic rings. The zero-order chi connectivity index (χ0) is 13.2. The second-order valence-corrected chi connectivity index (χ2v) is 5.74. The Morgan fingerprint density at radius 2 is 2.00 bits per heavy atom. The van der Waals surface area contributed by atoms with Crippen molar-refractivity contribution in [3.05, 3.63) is 45.8 Å². The molecule has 0 aliphatic heterocycles. The van der Waals surface area contributed by atoms with Crippen LogP contribution in [0.25, 0.3) is 0 Å². The summed E-state index contributed by atoms with van der Waals surface area (Å²) in [6.07, 6.45) is 6.05. The van der Waals surface area contributed by atoms with Gasteiger partial charge in [-0.25, -0.2) is 9.97 Å². The molecule has 0 spiro atoms. The van der Waals surface area contributed by atoms with E-state index in [0.29, 0.717) is 0 Å². The molecule has 1 aromatic heterocycles. The molecule has 0 unspecified atom stereocenters. The number of halogens is 1. The van der Waals surface area contributed by atoms with Crippen molar-refractivity contribution in [3.8, 4) is 11.6 Å². The summed E-state index contributed by atoms with van der Waals surface area (Å²) < 4.78 is 7.05. The summed E-state index contributed by atoms with van der Waals surface area (Å²) >= 11 is 3.46. The maximum absolute atomic E-state index is 5.99. The standard InChI is InChI=1S/C15H15BrN2O/c1-10-8-11(16)6-7-14(10)19-15-12-4-2-3-5-13(12)17-9-18-15/h6-9H,2-5H2,1H3. The van der Waals surface area contributed by atoms with Crippen LogP contribution in [0.3, 0.4) is 0 Å². The smallest absolute Gasteiger partial charge is 0.225 e. The van der Waals surface area contributed by atoms with Gasteiger partial charge in [-0.15, -0.1) is 0 Å². The highest BCUT2D eigenvalue weighted by atomic mass is 79.9. The van der Waals surface area contributed by atoms with E-state index in [1.54, 1.807) is 6.33 Å². The maximum atomic E-state index is 5.99. The molecular weight excluding hydrogens is 304 g/mol. The van der Waals surface area contributed by atoms with Gasteiger partial charge in [-0.05, 0) is 56.4 Å². The van der Waals surface area contributed by atoms with Crippen molar-refractivity contribution in [2.45, 2.75) is 32.6 Å². The van der Waals surface area contributed by atoms with Crippen molar-refractivity contribution >= 4 is 15.9 Å². The van der Waals surface area contributed by atoms with E-state index in [1.807, 2.05) is 25.1 Å². The van der Waals surface area contributed by atoms with Gasteiger partial charge in [0.2, 0.25) is 5.88 Å². The highest BCUT2D eigenvalue weighted by Crippen LogP contribution is 2.31. The normalized spacial score (nSPS) is 14.0. The minimum absolute atomic E-state index is 0.718. The number of rotatable bonds is 2. The molecule has 3 rings (SSSR count). The summed E-state index contributed by atoms with van der Waals surface area (Å²) in [6, 6.07) is 6.00. The number of ether oxygens (including phenoxy) is 1. The van der Waals surface area contributed by atoms with Crippen LogP contribution < -0.4 is 4.74 Å². The number of hydrogen-bond acceptors (Lipinski definition) is 3. The van der Waals surface area contributed by atoms with Crippen molar-refractivity contribution in [2.24, 2.45) is 0 Å². The molecule has 98 valence electrons. The lowest BCUT2D eigenvalue weighted by Gasteiger charge is -2.17. The molecule has 1 aliphatic carbocycles. The van der Waals surface area contributed by atoms with Gasteiger partial charge in [-0.1, -0.05) is 15.9 Å². The van der Waals surface area contributed by atoms with E-state index in [2.05, 4.69) is 25.9 Å². The molecule has 0 amide bonds. The topological polar surface area (TPSA) is 35.0 Å². The number of hydrogen-bond donors (Lipinski definition) is 0. The Balaban J connectivity index is 1.95. The van der Waals surface area contributed by atoms with Crippen LogP contribution in [0.1, 0.15) is 29.7 Å². The largest absolute Gasteiger partial charge is 0.438 e. The first-order chi connectivity index (χ1) is 9.24. The lowest BCUT2D eigenvalue weighted by molar-refractivity contribution is 0.444. The Morgan fingerprint density at radius 3 is 2.84 bits per heavy atom. The van der Waals surface area contributed by atoms with Crippen molar-refractivity contribution in [1.82, 2.24) is 9.97 Å². The van der Waals surface area contributed by atoms with Crippen LogP contribution in [0.15, 0.2) is 29.0 Å². The van der Waals surface area contributed by atoms with Gasteiger partial charge in [0.05, 0.1) is 5.69 Å². The Bertz CT molecular complexity index is 613. The van der Waals surface area contributed by atoms with Crippen LogP contribution in [-0.4, -0.2) is 9.97 Å². The summed E-state index contributed by atoms with van der Waals surface area (Å²) in [5.74, 6) is 1.57. The second-order valence-electron chi connectivity index (χ2n) is 4.82. The van der Waals surface area contributed by atoms with Gasteiger partial charge in [-0.2, -0.15) is 0 Å². The number of aryl methyl sites for hydroxylation is 2. The van der Waals surface area contributed by atoms with Gasteiger partial charge < -0.3 is 4.74 Å². The molecule has 0 atom stereocenters. The van der Waals surface area contributed by atoms with Crippen molar-refractivity contribution in [2.75, 3.05) is 0 Å². The fraction of sp³-hybridized carbons (Fsp3) is 0.333. The Labute approximate surface area is 121 Å². The average Bonchev–Trinajstić information content (AvgIpc) is 2.42. The Kier molecular flexibility index (Phi) is 3.51. The van der Waals surface area contributed by atoms with Crippen LogP contribution in [-0.2, 0) is 12.8 Å². The van der Waals surface area contributed by atoms with E-state index in [0.717, 1.165) is 40.2 Å². The van der Waals surface area contributed by atoms with Gasteiger partial charge >= 0.3 is 0 Å². The predicted octanol–water partition coefficient (Wildman–Crippen LogP) is 4.22. The van der Waals surface area contributed by atoms with Crippen molar-refractivity contribution in [3.63, 3.8) is 0 Å². The van der Waals surface area contributed by atoms with Crippen LogP contribution in [0.2, 0.25) is 0 Å². The molecule has 3 nitrogen and oxygen atoms in total. The van der Waals surface area contributed by atoms with E-state index in [4.69, 9.17) is 4.74 Å². The third-order valence-electron chi connectivity index (χ3n) is 3.43. The van der Waals surface area contributed by atoms with Gasteiger partial charge in [0, 0.05) is 10.0 Å². The van der Waals surface area contributed by atoms with Crippen LogP contribution in [0.4, 0.5) is 0 Å². The lowest BCUT2D eigenvalue weighted by atomic mass is 9.97. The third-order valence-corrected chi connectivity index (χ3v) is 3.92. The summed E-state index contributed by atoms with van der Waals surface area (Å²) in [7, 11) is 0. The van der Waals surface area contributed by atoms with E-state index < -0.39 is 0 Å². The molecule has 19 heavy (non-hydrogen) atoms. The quantitative estimate of drug-likeness (QED) is 0.831. The summed E-state index contributed by atoms with van der Waals surface area (Å²) in [5.41, 5.74) is 3.42. The highest BCUT2D eigenvalue weighted by Gasteiger charge is 2.17. The first-order valence-electron chi connectivity index (χ1n) is 6.51. The van der Waals surface area contributed by atoms with E-state index >= 15 is 0 Å². The first-order valence-corrected chi connectivity index (χ1v) is 7.30. The predicted molar refractivity (Wildman–Crippen MR) is 77.6 cm³/mol. The molecule has 0 radical (unpaired) electrons. The van der Waals surface area contributed by atoms with Crippen molar-refractivity contribution < 1.29 is 4.74 Å². The Hall–Kier alpha value is -1.42. The van der Waals surface area contributed by atoms with E-state index in [-0.39, 0.29) is 0 Å². The van der Waals surface area contributed by atoms with Gasteiger partial charge in [0.25, 0.3) is 0 Å². The highest BCUT2D eigenvalue weighted by molar-refractivity contribution is 9.10. The molecular formula is C15H15BrN2O. The molecule has 2 aromatic rings. The average molecular weight is 319 g/mol. The number of aromatic nitrogens is 2. The van der Waals surface area contributed by atoms with Crippen LogP contribution in [0.5, 0.6) is 11.6 Å². The Morgan fingerprint density at radius 1 is 1.16 bits per heavy atom. The molecule has 0 saturated heterocycles. The second kappa shape index (κ2) is 5.29. The van der Waals surface area contributed by atoms with Gasteiger partial charge in [-0.3, -0.25) is 0 Å². The molecule has 1 aromatic carbocycles. The fourth-order valence-electron chi connectivity index (χ4n) is 2.41. The van der Waals surface area contributed by atoms with Crippen molar-refractivity contribution in [1.29, 1.82) is 0 Å². The summed E-state index contributed by atoms with van der Waals surface area (Å²) in [5, 5.41) is 0. The number of fused-ring (bicyclic) bond motifs is 1. The number of nitrogens with zero attached hydrogens (tertiary/aromatic N) is 2. The van der Waals surface area contributed by atoms with Gasteiger partial charge in [0.15, 0.2) is 0 Å². The third kappa shape index (κ3) is 2.63. The maximum Gasteiger partial charge on any atom is 0.225 e. The van der Waals surface area contributed by atoms with Crippen LogP contribution >= 0.6 is 15.9 Å². The van der Waals surface area contributed by atoms with Crippen LogP contribution in [0, 0.1) is 6.92 Å². The lowest BCUT2D eigenvalue weighted by Crippen LogP contribution is -2.08. The SMILES string of the molecule is Cc1cc(Br)ccc1Oc1ncnc2c1CCCC2. The summed E-state index contributed by atoms with van der Waals surface area (Å²) in [4.78, 5) is 8.67. The fourth-order valence-corrected chi connectivity index (χ4v) is 2.89. The monoisotopic (exact) mass is 318 g/mol. The van der Waals surface area contributed by atoms with Gasteiger partial charge in [0.1, 0.15) is 12.1 Å². The first kappa shape index (κ1) is 12.6. The van der Waals surface area contributed by atoms with E-state index in [1.165, 1.54) is 18.4 Å². The molecule has 0 fully saturated rings. The summed E-state index contributed by atoms with van der Waals surface area (Å²) in [6.45, 7) is 2.04. The molecule has 4 heteroatoms. The molecule has 0 N–H and O–H groups in total. The zero-order valence-corrected chi connectivity index (χ0v) is 12.4. The zero-order valence-electron chi connectivity index (χ0n) is 10.8. The number of benzene rings is 1. The van der Waals surface area contributed by atoms with E-state index in [9.17, 15) is 0 Å². The molecule has 1 heterocycles. The molecule has 0 saturated carbocycles.